The first-order valence-electron chi connectivity index (χ1n) is 6.93. The van der Waals surface area contributed by atoms with E-state index in [0.29, 0.717) is 16.8 Å². The zero-order valence-corrected chi connectivity index (χ0v) is 14.0. The van der Waals surface area contributed by atoms with Gasteiger partial charge in [0.05, 0.1) is 20.8 Å². The molecule has 0 aliphatic heterocycles. The molecule has 0 fully saturated rings. The van der Waals surface area contributed by atoms with Gasteiger partial charge in [-0.2, -0.15) is 0 Å². The van der Waals surface area contributed by atoms with Crippen molar-refractivity contribution in [1.29, 1.82) is 0 Å². The number of hydrogen-bond acceptors (Lipinski definition) is 4. The number of nitrogens with one attached hydrogen (secondary N) is 1. The lowest BCUT2D eigenvalue weighted by atomic mass is 10.3. The molecule has 0 amide bonds. The van der Waals surface area contributed by atoms with Crippen molar-refractivity contribution in [1.82, 2.24) is 4.57 Å². The number of halogens is 2. The van der Waals surface area contributed by atoms with Crippen molar-refractivity contribution >= 4 is 37.3 Å². The molecule has 3 rings (SSSR count). The molecule has 1 heterocycles. The first-order valence-corrected chi connectivity index (χ1v) is 9.23. The number of anilines is 1. The van der Waals surface area contributed by atoms with Crippen LogP contribution in [0.1, 0.15) is 6.92 Å². The van der Waals surface area contributed by atoms with Crippen molar-refractivity contribution in [2.24, 2.45) is 0 Å². The van der Waals surface area contributed by atoms with E-state index in [9.17, 15) is 22.0 Å². The van der Waals surface area contributed by atoms with E-state index >= 15 is 0 Å². The summed E-state index contributed by atoms with van der Waals surface area (Å²) < 4.78 is 55.2. The molecule has 126 valence electrons. The van der Waals surface area contributed by atoms with Gasteiger partial charge in [0.15, 0.2) is 11.6 Å². The van der Waals surface area contributed by atoms with E-state index in [1.165, 1.54) is 12.1 Å². The third-order valence-corrected chi connectivity index (χ3v) is 5.76. The molecule has 0 bridgehead atoms. The van der Waals surface area contributed by atoms with E-state index in [4.69, 9.17) is 0 Å². The standard InChI is InChI=1S/C15H12F2N2O3S2/c1-2-19-13-6-4-10(8-14(13)23-15(19)20)24(21,22)18-9-3-5-11(16)12(17)7-9/h3-8,18H,2H2,1H3. The molecule has 3 aromatic rings. The minimum Gasteiger partial charge on any atom is -0.299 e. The van der Waals surface area contributed by atoms with Crippen molar-refractivity contribution in [2.45, 2.75) is 18.4 Å². The van der Waals surface area contributed by atoms with E-state index in [2.05, 4.69) is 4.72 Å². The SMILES string of the molecule is CCn1c(=O)sc2cc(S(=O)(=O)Nc3ccc(F)c(F)c3)ccc21. The average molecular weight is 370 g/mol. The first-order chi connectivity index (χ1) is 11.3. The summed E-state index contributed by atoms with van der Waals surface area (Å²) in [4.78, 5) is 11.6. The number of sulfonamides is 1. The highest BCUT2D eigenvalue weighted by Gasteiger charge is 2.17. The lowest BCUT2D eigenvalue weighted by Gasteiger charge is -2.08. The molecule has 0 aliphatic carbocycles. The van der Waals surface area contributed by atoms with Gasteiger partial charge in [0.1, 0.15) is 0 Å². The summed E-state index contributed by atoms with van der Waals surface area (Å²) >= 11 is 0.950. The highest BCUT2D eigenvalue weighted by molar-refractivity contribution is 7.92. The van der Waals surface area contributed by atoms with Crippen molar-refractivity contribution in [2.75, 3.05) is 4.72 Å². The summed E-state index contributed by atoms with van der Waals surface area (Å²) in [6.07, 6.45) is 0. The zero-order chi connectivity index (χ0) is 17.5. The third kappa shape index (κ3) is 2.92. The van der Waals surface area contributed by atoms with Gasteiger partial charge in [-0.15, -0.1) is 0 Å². The molecular weight excluding hydrogens is 358 g/mol. The predicted octanol–water partition coefficient (Wildman–Crippen LogP) is 3.16. The van der Waals surface area contributed by atoms with Crippen LogP contribution in [0, 0.1) is 11.6 Å². The fourth-order valence-corrected chi connectivity index (χ4v) is 4.43. The Labute approximate surface area is 140 Å². The van der Waals surface area contributed by atoms with Crippen LogP contribution in [0.4, 0.5) is 14.5 Å². The number of benzene rings is 2. The Morgan fingerprint density at radius 3 is 2.54 bits per heavy atom. The van der Waals surface area contributed by atoms with Gasteiger partial charge in [-0.3, -0.25) is 14.1 Å². The molecule has 0 aliphatic rings. The fraction of sp³-hybridized carbons (Fsp3) is 0.133. The second-order valence-corrected chi connectivity index (χ2v) is 7.65. The second-order valence-electron chi connectivity index (χ2n) is 4.98. The van der Waals surface area contributed by atoms with Gasteiger partial charge in [0, 0.05) is 12.6 Å². The Hall–Kier alpha value is -2.26. The Morgan fingerprint density at radius 2 is 1.88 bits per heavy atom. The number of nitrogens with zero attached hydrogens (tertiary/aromatic N) is 1. The van der Waals surface area contributed by atoms with Crippen LogP contribution in [0.2, 0.25) is 0 Å². The van der Waals surface area contributed by atoms with E-state index in [-0.39, 0.29) is 15.5 Å². The lowest BCUT2D eigenvalue weighted by molar-refractivity contribution is 0.509. The summed E-state index contributed by atoms with van der Waals surface area (Å²) in [5.74, 6) is -2.21. The number of aryl methyl sites for hydroxylation is 1. The van der Waals surface area contributed by atoms with Crippen LogP contribution in [0.5, 0.6) is 0 Å². The summed E-state index contributed by atoms with van der Waals surface area (Å²) in [7, 11) is -3.99. The van der Waals surface area contributed by atoms with Gasteiger partial charge in [0.2, 0.25) is 0 Å². The van der Waals surface area contributed by atoms with Crippen molar-refractivity contribution in [3.05, 3.63) is 57.7 Å². The molecule has 0 saturated carbocycles. The highest BCUT2D eigenvalue weighted by Crippen LogP contribution is 2.24. The van der Waals surface area contributed by atoms with Gasteiger partial charge in [-0.05, 0) is 37.3 Å². The molecule has 0 unspecified atom stereocenters. The fourth-order valence-electron chi connectivity index (χ4n) is 2.29. The molecule has 9 heteroatoms. The monoisotopic (exact) mass is 370 g/mol. The van der Waals surface area contributed by atoms with Gasteiger partial charge >= 0.3 is 4.87 Å². The summed E-state index contributed by atoms with van der Waals surface area (Å²) in [6, 6.07) is 7.02. The number of thiazole rings is 1. The molecule has 2 aromatic carbocycles. The van der Waals surface area contributed by atoms with Crippen LogP contribution in [-0.2, 0) is 16.6 Å². The van der Waals surface area contributed by atoms with Crippen LogP contribution in [0.3, 0.4) is 0 Å². The van der Waals surface area contributed by atoms with Crippen LogP contribution >= 0.6 is 11.3 Å². The molecule has 24 heavy (non-hydrogen) atoms. The van der Waals surface area contributed by atoms with Crippen LogP contribution in [-0.4, -0.2) is 13.0 Å². The molecule has 0 saturated heterocycles. The quantitative estimate of drug-likeness (QED) is 0.767. The van der Waals surface area contributed by atoms with Crippen molar-refractivity contribution in [3.8, 4) is 0 Å². The second kappa shape index (κ2) is 5.99. The van der Waals surface area contributed by atoms with Gasteiger partial charge in [-0.25, -0.2) is 17.2 Å². The number of aromatic nitrogens is 1. The molecule has 0 atom stereocenters. The normalized spacial score (nSPS) is 11.8. The van der Waals surface area contributed by atoms with Crippen molar-refractivity contribution in [3.63, 3.8) is 0 Å². The topological polar surface area (TPSA) is 68.2 Å². The van der Waals surface area contributed by atoms with E-state index in [0.717, 1.165) is 29.5 Å². The minimum atomic E-state index is -3.99. The number of rotatable bonds is 4. The maximum Gasteiger partial charge on any atom is 0.308 e. The Balaban J connectivity index is 2.01. The maximum atomic E-state index is 13.2. The van der Waals surface area contributed by atoms with E-state index in [1.54, 1.807) is 10.6 Å². The predicted molar refractivity (Wildman–Crippen MR) is 88.9 cm³/mol. The minimum absolute atomic E-state index is 0.0655. The van der Waals surface area contributed by atoms with Crippen LogP contribution in [0.15, 0.2) is 46.1 Å². The summed E-state index contributed by atoms with van der Waals surface area (Å²) in [5, 5.41) is 0. The van der Waals surface area contributed by atoms with Crippen LogP contribution in [0.25, 0.3) is 10.2 Å². The molecule has 1 N–H and O–H groups in total. The lowest BCUT2D eigenvalue weighted by Crippen LogP contribution is -2.13. The van der Waals surface area contributed by atoms with E-state index in [1.807, 2.05) is 6.92 Å². The molecular formula is C15H12F2N2O3S2. The highest BCUT2D eigenvalue weighted by atomic mass is 32.2. The zero-order valence-electron chi connectivity index (χ0n) is 12.4. The van der Waals surface area contributed by atoms with Gasteiger partial charge < -0.3 is 0 Å². The third-order valence-electron chi connectivity index (χ3n) is 3.44. The number of fused-ring (bicyclic) bond motifs is 1. The maximum absolute atomic E-state index is 13.2. The van der Waals surface area contributed by atoms with Gasteiger partial charge in [0.25, 0.3) is 10.0 Å². The Kier molecular flexibility index (Phi) is 4.14. The van der Waals surface area contributed by atoms with Crippen LogP contribution < -0.4 is 9.60 Å². The Morgan fingerprint density at radius 1 is 1.12 bits per heavy atom. The first kappa shape index (κ1) is 16.6. The Bertz CT molecular complexity index is 1090. The summed E-state index contributed by atoms with van der Waals surface area (Å²) in [5.41, 5.74) is 0.563. The largest absolute Gasteiger partial charge is 0.308 e. The van der Waals surface area contributed by atoms with E-state index < -0.39 is 21.7 Å². The summed E-state index contributed by atoms with van der Waals surface area (Å²) in [6.45, 7) is 2.31. The number of hydrogen-bond donors (Lipinski definition) is 1. The van der Waals surface area contributed by atoms with Gasteiger partial charge in [-0.1, -0.05) is 11.3 Å². The van der Waals surface area contributed by atoms with Crippen molar-refractivity contribution < 1.29 is 17.2 Å². The molecule has 0 radical (unpaired) electrons. The molecule has 1 aromatic heterocycles. The smallest absolute Gasteiger partial charge is 0.299 e. The average Bonchev–Trinajstić information content (AvgIpc) is 2.84. The molecule has 5 nitrogen and oxygen atoms in total. The molecule has 0 spiro atoms.